The summed E-state index contributed by atoms with van der Waals surface area (Å²) in [6.45, 7) is 0.234. The van der Waals surface area contributed by atoms with Crippen molar-refractivity contribution in [2.45, 2.75) is 23.9 Å². The summed E-state index contributed by atoms with van der Waals surface area (Å²) in [7, 11) is 0. The second-order valence-electron chi connectivity index (χ2n) is 7.31. The lowest BCUT2D eigenvalue weighted by Crippen LogP contribution is -2.67. The molecule has 0 unspecified atom stereocenters. The fourth-order valence-corrected chi connectivity index (χ4v) is 4.26. The molecule has 2 atom stereocenters. The van der Waals surface area contributed by atoms with Crippen LogP contribution < -0.4 is 0 Å². The van der Waals surface area contributed by atoms with Crippen molar-refractivity contribution in [3.63, 3.8) is 0 Å². The monoisotopic (exact) mass is 384 g/mol. The van der Waals surface area contributed by atoms with Crippen LogP contribution in [-0.2, 0) is 14.3 Å². The summed E-state index contributed by atoms with van der Waals surface area (Å²) in [5.74, 6) is -1.68. The minimum Gasteiger partial charge on any atom is -0.480 e. The Hall–Kier alpha value is -2.60. The number of carboxylic acids is 1. The number of piperidine rings is 1. The molecule has 2 aliphatic heterocycles. The van der Waals surface area contributed by atoms with Crippen LogP contribution in [0.4, 0.5) is 0 Å². The van der Waals surface area contributed by atoms with Crippen LogP contribution in [0.2, 0.25) is 0 Å². The minimum absolute atomic E-state index is 0.0477. The molecule has 0 aromatic heterocycles. The maximum atomic E-state index is 12.8. The number of ether oxygens (including phenoxy) is 1. The van der Waals surface area contributed by atoms with E-state index >= 15 is 0 Å². The Balaban J connectivity index is 2.00. The van der Waals surface area contributed by atoms with Crippen molar-refractivity contribution in [1.29, 1.82) is 0 Å². The highest BCUT2D eigenvalue weighted by Gasteiger charge is 2.64. The second-order valence-corrected chi connectivity index (χ2v) is 7.31. The number of amides is 1. The van der Waals surface area contributed by atoms with Crippen LogP contribution in [0.5, 0.6) is 0 Å². The Bertz CT molecular complexity index is 719. The Morgan fingerprint density at radius 1 is 1.19 bits per heavy atom. The highest BCUT2D eigenvalue weighted by molar-refractivity contribution is 5.94. The van der Waals surface area contributed by atoms with Gasteiger partial charge in [0.25, 0.3) is 5.54 Å². The molecule has 3 rings (SSSR count). The standard InChI is InChI=1S/C15H20N4O8/c20-12(21)7-16-9-14(18(23)24)5-11(6-15(8-14,10-16)19(25)26)13(22)17-1-3-27-4-2-17/h5H,1-4,6-10H2,(H,20,21)/t14-,15-/m1/s1. The molecule has 1 aliphatic carbocycles. The van der Waals surface area contributed by atoms with Gasteiger partial charge in [0.05, 0.1) is 45.7 Å². The largest absolute Gasteiger partial charge is 0.480 e. The zero-order valence-corrected chi connectivity index (χ0v) is 14.5. The third-order valence-corrected chi connectivity index (χ3v) is 5.30. The van der Waals surface area contributed by atoms with E-state index in [-0.39, 0.29) is 31.5 Å². The zero-order valence-electron chi connectivity index (χ0n) is 14.5. The van der Waals surface area contributed by atoms with E-state index in [0.717, 1.165) is 0 Å². The van der Waals surface area contributed by atoms with E-state index in [2.05, 4.69) is 0 Å². The summed E-state index contributed by atoms with van der Waals surface area (Å²) in [6.07, 6.45) is 0.582. The van der Waals surface area contributed by atoms with Crippen LogP contribution in [0, 0.1) is 20.2 Å². The molecule has 2 fully saturated rings. The van der Waals surface area contributed by atoms with Gasteiger partial charge in [0.15, 0.2) is 0 Å². The third kappa shape index (κ3) is 3.49. The van der Waals surface area contributed by atoms with Gasteiger partial charge in [-0.1, -0.05) is 0 Å². The lowest BCUT2D eigenvalue weighted by Gasteiger charge is -2.45. The van der Waals surface area contributed by atoms with Crippen LogP contribution in [0.15, 0.2) is 11.6 Å². The summed E-state index contributed by atoms with van der Waals surface area (Å²) < 4.78 is 5.19. The van der Waals surface area contributed by atoms with Gasteiger partial charge in [-0.15, -0.1) is 0 Å². The van der Waals surface area contributed by atoms with E-state index in [1.54, 1.807) is 0 Å². The van der Waals surface area contributed by atoms with E-state index < -0.39 is 39.3 Å². The Morgan fingerprint density at radius 3 is 2.41 bits per heavy atom. The average Bonchev–Trinajstić information content (AvgIpc) is 2.60. The first-order valence-corrected chi connectivity index (χ1v) is 8.49. The number of rotatable bonds is 5. The summed E-state index contributed by atoms with van der Waals surface area (Å²) in [5, 5.41) is 32.7. The first-order valence-electron chi connectivity index (χ1n) is 8.49. The highest BCUT2D eigenvalue weighted by Crippen LogP contribution is 2.43. The second kappa shape index (κ2) is 6.85. The Morgan fingerprint density at radius 2 is 1.85 bits per heavy atom. The fraction of sp³-hybridized carbons (Fsp3) is 0.733. The molecular weight excluding hydrogens is 364 g/mol. The topological polar surface area (TPSA) is 156 Å². The smallest absolute Gasteiger partial charge is 0.317 e. The van der Waals surface area contributed by atoms with E-state index in [0.29, 0.717) is 26.3 Å². The number of nitro groups is 2. The maximum Gasteiger partial charge on any atom is 0.317 e. The third-order valence-electron chi connectivity index (χ3n) is 5.30. The molecule has 1 amide bonds. The maximum absolute atomic E-state index is 12.8. The molecule has 27 heavy (non-hydrogen) atoms. The van der Waals surface area contributed by atoms with E-state index in [4.69, 9.17) is 9.84 Å². The summed E-state index contributed by atoms with van der Waals surface area (Å²) in [4.78, 5) is 49.0. The molecule has 1 N–H and O–H groups in total. The van der Waals surface area contributed by atoms with Crippen molar-refractivity contribution in [2.24, 2.45) is 0 Å². The lowest BCUT2D eigenvalue weighted by atomic mass is 9.69. The molecule has 0 aromatic carbocycles. The molecule has 12 nitrogen and oxygen atoms in total. The average molecular weight is 384 g/mol. The van der Waals surface area contributed by atoms with Gasteiger partial charge >= 0.3 is 5.97 Å². The first kappa shape index (κ1) is 19.2. The molecule has 148 valence electrons. The molecule has 12 heteroatoms. The van der Waals surface area contributed by atoms with Crippen LogP contribution in [-0.4, -0.2) is 93.6 Å². The van der Waals surface area contributed by atoms with Crippen molar-refractivity contribution < 1.29 is 29.3 Å². The predicted octanol–water partition coefficient (Wildman–Crippen LogP) is -1.00. The molecule has 0 saturated carbocycles. The molecule has 0 radical (unpaired) electrons. The van der Waals surface area contributed by atoms with Gasteiger partial charge in [-0.2, -0.15) is 0 Å². The summed E-state index contributed by atoms with van der Waals surface area (Å²) in [6, 6.07) is 0. The van der Waals surface area contributed by atoms with Gasteiger partial charge in [-0.25, -0.2) is 0 Å². The Labute approximate surface area is 153 Å². The molecular formula is C15H20N4O8. The first-order chi connectivity index (χ1) is 12.7. The van der Waals surface area contributed by atoms with Gasteiger partial charge < -0.3 is 14.7 Å². The number of carbonyl (C=O) groups excluding carboxylic acids is 1. The van der Waals surface area contributed by atoms with Crippen LogP contribution in [0.1, 0.15) is 12.8 Å². The number of morpholine rings is 1. The van der Waals surface area contributed by atoms with Gasteiger partial charge in [-0.3, -0.25) is 34.7 Å². The highest BCUT2D eigenvalue weighted by atomic mass is 16.6. The van der Waals surface area contributed by atoms with Crippen molar-refractivity contribution in [3.05, 3.63) is 31.9 Å². The number of fused-ring (bicyclic) bond motifs is 2. The molecule has 2 bridgehead atoms. The quantitative estimate of drug-likeness (QED) is 0.463. The number of carboxylic acid groups (broad SMARTS) is 1. The number of carbonyl (C=O) groups is 2. The van der Waals surface area contributed by atoms with Crippen molar-refractivity contribution in [3.8, 4) is 0 Å². The fourth-order valence-electron chi connectivity index (χ4n) is 4.26. The molecule has 3 aliphatic rings. The predicted molar refractivity (Wildman–Crippen MR) is 88.2 cm³/mol. The van der Waals surface area contributed by atoms with Crippen LogP contribution in [0.3, 0.4) is 0 Å². The van der Waals surface area contributed by atoms with Gasteiger partial charge in [0.1, 0.15) is 0 Å². The normalized spacial score (nSPS) is 31.1. The van der Waals surface area contributed by atoms with Crippen LogP contribution in [0.25, 0.3) is 0 Å². The van der Waals surface area contributed by atoms with Crippen LogP contribution >= 0.6 is 0 Å². The van der Waals surface area contributed by atoms with Gasteiger partial charge in [0, 0.05) is 34.6 Å². The van der Waals surface area contributed by atoms with Crippen molar-refractivity contribution >= 4 is 11.9 Å². The number of nitrogens with zero attached hydrogens (tertiary/aromatic N) is 4. The number of hydrogen-bond acceptors (Lipinski definition) is 8. The van der Waals surface area contributed by atoms with Crippen molar-refractivity contribution in [2.75, 3.05) is 45.9 Å². The molecule has 0 spiro atoms. The number of hydrogen-bond donors (Lipinski definition) is 1. The number of aliphatic carboxylic acids is 1. The summed E-state index contributed by atoms with van der Waals surface area (Å²) >= 11 is 0. The molecule has 0 aromatic rings. The van der Waals surface area contributed by atoms with Gasteiger partial charge in [0.2, 0.25) is 11.4 Å². The van der Waals surface area contributed by atoms with E-state index in [1.165, 1.54) is 15.9 Å². The Kier molecular flexibility index (Phi) is 4.86. The summed E-state index contributed by atoms with van der Waals surface area (Å²) in [5.41, 5.74) is -3.59. The molecule has 2 saturated heterocycles. The van der Waals surface area contributed by atoms with E-state index in [9.17, 15) is 29.8 Å². The number of likely N-dealkylation sites (tertiary alicyclic amines) is 1. The van der Waals surface area contributed by atoms with E-state index in [1.807, 2.05) is 0 Å². The van der Waals surface area contributed by atoms with Crippen molar-refractivity contribution in [1.82, 2.24) is 9.80 Å². The van der Waals surface area contributed by atoms with Gasteiger partial charge in [-0.05, 0) is 0 Å². The minimum atomic E-state index is -1.86. The zero-order chi connectivity index (χ0) is 19.8. The molecule has 2 heterocycles. The lowest BCUT2D eigenvalue weighted by molar-refractivity contribution is -0.619. The SMILES string of the molecule is O=C(O)CN1C[C@@]2([N+](=O)[O-])C=C(C(=O)N3CCOCC3)C[C@]([N+](=O)[O-])(C1)C2.